The van der Waals surface area contributed by atoms with Crippen LogP contribution in [0.2, 0.25) is 0 Å². The lowest BCUT2D eigenvalue weighted by molar-refractivity contribution is 0.177. The number of nitrogens with zero attached hydrogens (tertiary/aromatic N) is 2. The smallest absolute Gasteiger partial charge is 0.306 e. The molecule has 2 heterocycles. The zero-order valence-corrected chi connectivity index (χ0v) is 13.7. The molecule has 6 heteroatoms. The number of aromatic nitrogens is 2. The number of halogens is 2. The van der Waals surface area contributed by atoms with Gasteiger partial charge in [-0.1, -0.05) is 24.3 Å². The molecule has 0 atom stereocenters. The van der Waals surface area contributed by atoms with Gasteiger partial charge in [-0.05, 0) is 31.0 Å². The van der Waals surface area contributed by atoms with E-state index in [-0.39, 0.29) is 11.7 Å². The van der Waals surface area contributed by atoms with Crippen LogP contribution in [0.1, 0.15) is 24.4 Å². The number of para-hydroxylation sites is 2. The van der Waals surface area contributed by atoms with Gasteiger partial charge in [-0.3, -0.25) is 9.47 Å². The molecule has 4 nitrogen and oxygen atoms in total. The summed E-state index contributed by atoms with van der Waals surface area (Å²) in [5.41, 5.74) is 2.05. The summed E-state index contributed by atoms with van der Waals surface area (Å²) in [6, 6.07) is 12.1. The molecule has 1 saturated heterocycles. The Morgan fingerprint density at radius 1 is 1.04 bits per heavy atom. The van der Waals surface area contributed by atoms with E-state index >= 15 is 0 Å². The molecule has 0 bridgehead atoms. The zero-order valence-electron chi connectivity index (χ0n) is 13.7. The molecule has 0 aliphatic carbocycles. The van der Waals surface area contributed by atoms with Gasteiger partial charge in [0.05, 0.1) is 11.0 Å². The Morgan fingerprint density at radius 2 is 1.80 bits per heavy atom. The third-order valence-electron chi connectivity index (χ3n) is 4.97. The number of imidazole rings is 1. The molecule has 0 saturated carbocycles. The van der Waals surface area contributed by atoms with Crippen LogP contribution in [0, 0.1) is 11.6 Å². The van der Waals surface area contributed by atoms with Gasteiger partial charge in [-0.15, -0.1) is 0 Å². The number of hydrogen-bond acceptors (Lipinski definition) is 2. The Balaban J connectivity index is 1.49. The summed E-state index contributed by atoms with van der Waals surface area (Å²) >= 11 is 0. The fourth-order valence-corrected chi connectivity index (χ4v) is 3.68. The number of piperidine rings is 1. The molecule has 25 heavy (non-hydrogen) atoms. The maximum Gasteiger partial charge on any atom is 0.326 e. The fourth-order valence-electron chi connectivity index (χ4n) is 3.68. The van der Waals surface area contributed by atoms with Gasteiger partial charge in [0.25, 0.3) is 0 Å². The number of benzene rings is 2. The number of aromatic amines is 1. The van der Waals surface area contributed by atoms with Crippen LogP contribution < -0.4 is 5.69 Å². The Hall–Kier alpha value is -2.47. The molecule has 1 aliphatic rings. The molecule has 1 N–H and O–H groups in total. The second-order valence-corrected chi connectivity index (χ2v) is 6.54. The number of nitrogens with one attached hydrogen (secondary N) is 1. The summed E-state index contributed by atoms with van der Waals surface area (Å²) in [6.07, 6.45) is 1.61. The van der Waals surface area contributed by atoms with Gasteiger partial charge in [0.1, 0.15) is 0 Å². The molecule has 4 rings (SSSR count). The van der Waals surface area contributed by atoms with E-state index in [1.54, 1.807) is 6.07 Å². The average Bonchev–Trinajstić information content (AvgIpc) is 2.95. The quantitative estimate of drug-likeness (QED) is 0.791. The number of H-pyrrole nitrogens is 1. The molecular formula is C19H19F2N3O. The minimum absolute atomic E-state index is 0.0872. The molecule has 1 aliphatic heterocycles. The highest BCUT2D eigenvalue weighted by Crippen LogP contribution is 2.26. The lowest BCUT2D eigenvalue weighted by atomic mass is 10.0. The molecule has 0 radical (unpaired) electrons. The molecule has 1 aromatic heterocycles. The van der Waals surface area contributed by atoms with Crippen molar-refractivity contribution in [2.75, 3.05) is 13.1 Å². The van der Waals surface area contributed by atoms with Gasteiger partial charge in [0.15, 0.2) is 11.6 Å². The van der Waals surface area contributed by atoms with Crippen LogP contribution in [0.5, 0.6) is 0 Å². The van der Waals surface area contributed by atoms with Gasteiger partial charge in [0.2, 0.25) is 0 Å². The number of rotatable bonds is 3. The van der Waals surface area contributed by atoms with E-state index in [2.05, 4.69) is 9.88 Å². The van der Waals surface area contributed by atoms with Crippen molar-refractivity contribution in [1.29, 1.82) is 0 Å². The predicted molar refractivity (Wildman–Crippen MR) is 92.5 cm³/mol. The molecule has 0 unspecified atom stereocenters. The first-order valence-electron chi connectivity index (χ1n) is 8.48. The second kappa shape index (κ2) is 6.44. The third kappa shape index (κ3) is 2.98. The van der Waals surface area contributed by atoms with Crippen molar-refractivity contribution in [2.24, 2.45) is 0 Å². The third-order valence-corrected chi connectivity index (χ3v) is 4.97. The fraction of sp³-hybridized carbons (Fsp3) is 0.316. The van der Waals surface area contributed by atoms with Gasteiger partial charge in [-0.2, -0.15) is 0 Å². The van der Waals surface area contributed by atoms with Crippen molar-refractivity contribution in [3.05, 3.63) is 70.1 Å². The van der Waals surface area contributed by atoms with E-state index in [4.69, 9.17) is 0 Å². The Bertz CT molecular complexity index is 955. The van der Waals surface area contributed by atoms with Crippen LogP contribution >= 0.6 is 0 Å². The van der Waals surface area contributed by atoms with Crippen LogP contribution in [-0.4, -0.2) is 27.5 Å². The average molecular weight is 343 g/mol. The van der Waals surface area contributed by atoms with E-state index in [9.17, 15) is 13.6 Å². The maximum absolute atomic E-state index is 13.8. The van der Waals surface area contributed by atoms with Crippen molar-refractivity contribution in [2.45, 2.75) is 25.4 Å². The molecule has 2 aromatic carbocycles. The SMILES string of the molecule is O=c1[nH]c2ccccc2n1C1CCN(Cc2cccc(F)c2F)CC1. The number of likely N-dealkylation sites (tertiary alicyclic amines) is 1. The highest BCUT2D eigenvalue weighted by molar-refractivity contribution is 5.75. The molecular weight excluding hydrogens is 324 g/mol. The predicted octanol–water partition coefficient (Wildman–Crippen LogP) is 3.44. The van der Waals surface area contributed by atoms with Crippen molar-refractivity contribution >= 4 is 11.0 Å². The molecule has 3 aromatic rings. The van der Waals surface area contributed by atoms with Crippen molar-refractivity contribution in [1.82, 2.24) is 14.5 Å². The lowest BCUT2D eigenvalue weighted by Gasteiger charge is -2.32. The minimum atomic E-state index is -0.808. The topological polar surface area (TPSA) is 41.0 Å². The van der Waals surface area contributed by atoms with Crippen molar-refractivity contribution in [3.8, 4) is 0 Å². The van der Waals surface area contributed by atoms with Gasteiger partial charge in [-0.25, -0.2) is 13.6 Å². The lowest BCUT2D eigenvalue weighted by Crippen LogP contribution is -2.36. The first-order valence-corrected chi connectivity index (χ1v) is 8.48. The zero-order chi connectivity index (χ0) is 17.4. The van der Waals surface area contributed by atoms with E-state index in [0.29, 0.717) is 12.1 Å². The summed E-state index contributed by atoms with van der Waals surface area (Å²) in [7, 11) is 0. The Morgan fingerprint density at radius 3 is 2.60 bits per heavy atom. The van der Waals surface area contributed by atoms with E-state index in [0.717, 1.165) is 43.0 Å². The van der Waals surface area contributed by atoms with Crippen LogP contribution in [0.3, 0.4) is 0 Å². The number of fused-ring (bicyclic) bond motifs is 1. The molecule has 1 fully saturated rings. The van der Waals surface area contributed by atoms with Crippen molar-refractivity contribution in [3.63, 3.8) is 0 Å². The van der Waals surface area contributed by atoms with E-state index in [1.165, 1.54) is 6.07 Å². The highest BCUT2D eigenvalue weighted by atomic mass is 19.2. The van der Waals surface area contributed by atoms with Crippen LogP contribution in [0.15, 0.2) is 47.3 Å². The van der Waals surface area contributed by atoms with Gasteiger partial charge >= 0.3 is 5.69 Å². The van der Waals surface area contributed by atoms with Gasteiger partial charge in [0, 0.05) is 31.2 Å². The Labute approximate surface area is 143 Å². The van der Waals surface area contributed by atoms with Crippen LogP contribution in [0.4, 0.5) is 8.78 Å². The molecule has 130 valence electrons. The standard InChI is InChI=1S/C19H19F2N3O/c20-15-5-3-4-13(18(15)21)12-23-10-8-14(9-11-23)24-17-7-2-1-6-16(17)22-19(24)25/h1-7,14H,8-12H2,(H,22,25). The summed E-state index contributed by atoms with van der Waals surface area (Å²) in [4.78, 5) is 17.3. The van der Waals surface area contributed by atoms with E-state index < -0.39 is 11.6 Å². The van der Waals surface area contributed by atoms with E-state index in [1.807, 2.05) is 28.8 Å². The van der Waals surface area contributed by atoms with Gasteiger partial charge < -0.3 is 4.98 Å². The normalized spacial score (nSPS) is 16.6. The largest absolute Gasteiger partial charge is 0.326 e. The first kappa shape index (κ1) is 16.0. The monoisotopic (exact) mass is 343 g/mol. The van der Waals surface area contributed by atoms with Crippen molar-refractivity contribution < 1.29 is 8.78 Å². The summed E-state index contributed by atoms with van der Waals surface area (Å²) in [5, 5.41) is 0. The highest BCUT2D eigenvalue weighted by Gasteiger charge is 2.24. The first-order chi connectivity index (χ1) is 12.1. The summed E-state index contributed by atoms with van der Waals surface area (Å²) in [5.74, 6) is -1.57. The molecule has 0 spiro atoms. The molecule has 0 amide bonds. The van der Waals surface area contributed by atoms with Crippen LogP contribution in [-0.2, 0) is 6.54 Å². The second-order valence-electron chi connectivity index (χ2n) is 6.54. The summed E-state index contributed by atoms with van der Waals surface area (Å²) < 4.78 is 29.0. The minimum Gasteiger partial charge on any atom is -0.306 e. The Kier molecular flexibility index (Phi) is 4.13. The van der Waals surface area contributed by atoms with Crippen LogP contribution in [0.25, 0.3) is 11.0 Å². The summed E-state index contributed by atoms with van der Waals surface area (Å²) in [6.45, 7) is 1.87. The number of hydrogen-bond donors (Lipinski definition) is 1. The maximum atomic E-state index is 13.8.